The maximum atomic E-state index is 9.85. The van der Waals surface area contributed by atoms with Gasteiger partial charge in [0.2, 0.25) is 0 Å². The van der Waals surface area contributed by atoms with Crippen LogP contribution >= 0.6 is 11.3 Å². The van der Waals surface area contributed by atoms with E-state index >= 15 is 0 Å². The van der Waals surface area contributed by atoms with Gasteiger partial charge in [-0.1, -0.05) is 6.07 Å². The first-order valence-electron chi connectivity index (χ1n) is 6.71. The number of imidazole rings is 1. The molecule has 6 heteroatoms. The Kier molecular flexibility index (Phi) is 6.20. The third-order valence-corrected chi connectivity index (χ3v) is 3.73. The van der Waals surface area contributed by atoms with Crippen LogP contribution in [-0.4, -0.2) is 40.0 Å². The smallest absolute Gasteiger partial charge is 0.0946 e. The Morgan fingerprint density at radius 3 is 3.15 bits per heavy atom. The van der Waals surface area contributed by atoms with Gasteiger partial charge in [0.1, 0.15) is 0 Å². The molecular formula is C14H21N3O2S. The maximum absolute atomic E-state index is 9.85. The quantitative estimate of drug-likeness (QED) is 0.736. The first-order chi connectivity index (χ1) is 9.74. The molecular weight excluding hydrogens is 274 g/mol. The van der Waals surface area contributed by atoms with E-state index in [1.807, 2.05) is 28.3 Å². The lowest BCUT2D eigenvalue weighted by Crippen LogP contribution is -2.37. The molecule has 110 valence electrons. The molecule has 2 aromatic heterocycles. The van der Waals surface area contributed by atoms with Gasteiger partial charge >= 0.3 is 0 Å². The van der Waals surface area contributed by atoms with Crippen LogP contribution in [0.1, 0.15) is 11.8 Å². The summed E-state index contributed by atoms with van der Waals surface area (Å²) < 4.78 is 7.49. The summed E-state index contributed by atoms with van der Waals surface area (Å²) in [5.74, 6) is 0. The fourth-order valence-corrected chi connectivity index (χ4v) is 2.50. The minimum atomic E-state index is -0.486. The highest BCUT2D eigenvalue weighted by molar-refractivity contribution is 7.09. The van der Waals surface area contributed by atoms with Crippen molar-refractivity contribution in [1.82, 2.24) is 14.9 Å². The Bertz CT molecular complexity index is 459. The average Bonchev–Trinajstić information content (AvgIpc) is 3.09. The summed E-state index contributed by atoms with van der Waals surface area (Å²) in [4.78, 5) is 5.18. The van der Waals surface area contributed by atoms with Gasteiger partial charge in [-0.05, 0) is 18.4 Å². The molecule has 0 saturated carbocycles. The number of rotatable bonds is 9. The van der Waals surface area contributed by atoms with Crippen LogP contribution in [0.2, 0.25) is 0 Å². The van der Waals surface area contributed by atoms with Gasteiger partial charge in [-0.25, -0.2) is 4.98 Å². The van der Waals surface area contributed by atoms with Crippen LogP contribution in [0.5, 0.6) is 0 Å². The van der Waals surface area contributed by atoms with Gasteiger partial charge in [-0.15, -0.1) is 11.3 Å². The van der Waals surface area contributed by atoms with Crippen LogP contribution in [-0.2, 0) is 17.9 Å². The van der Waals surface area contributed by atoms with Crippen LogP contribution in [0.4, 0.5) is 0 Å². The van der Waals surface area contributed by atoms with E-state index in [1.165, 1.54) is 4.88 Å². The zero-order valence-electron chi connectivity index (χ0n) is 11.6. The lowest BCUT2D eigenvalue weighted by molar-refractivity contribution is 0.0286. The van der Waals surface area contributed by atoms with Crippen molar-refractivity contribution in [3.05, 3.63) is 41.1 Å². The molecule has 0 amide bonds. The van der Waals surface area contributed by atoms with E-state index in [2.05, 4.69) is 17.2 Å². The fourth-order valence-electron chi connectivity index (χ4n) is 1.86. The van der Waals surface area contributed by atoms with Gasteiger partial charge in [0, 0.05) is 36.4 Å². The third-order valence-electron chi connectivity index (χ3n) is 2.88. The molecule has 0 spiro atoms. The number of hydrogen-bond acceptors (Lipinski definition) is 5. The molecule has 0 aliphatic heterocycles. The molecule has 0 aliphatic carbocycles. The molecule has 0 radical (unpaired) electrons. The fraction of sp³-hybridized carbons (Fsp3) is 0.500. The summed E-state index contributed by atoms with van der Waals surface area (Å²) in [7, 11) is 0. The van der Waals surface area contributed by atoms with Crippen LogP contribution in [0.15, 0.2) is 36.2 Å². The first kappa shape index (κ1) is 15.2. The Balaban J connectivity index is 1.56. The molecule has 2 aromatic rings. The number of ether oxygens (including phenoxy) is 1. The minimum absolute atomic E-state index is 0.274. The summed E-state index contributed by atoms with van der Waals surface area (Å²) in [6.45, 7) is 4.37. The number of hydrogen-bond donors (Lipinski definition) is 2. The maximum Gasteiger partial charge on any atom is 0.0946 e. The summed E-state index contributed by atoms with van der Waals surface area (Å²) in [5.41, 5.74) is 0. The average molecular weight is 295 g/mol. The number of aliphatic hydroxyl groups is 1. The van der Waals surface area contributed by atoms with Crippen molar-refractivity contribution in [3.63, 3.8) is 0 Å². The SMILES string of the molecule is CC(Cn1ccnc1)NCC(O)COCc1cccs1. The lowest BCUT2D eigenvalue weighted by Gasteiger charge is -2.17. The molecule has 2 N–H and O–H groups in total. The van der Waals surface area contributed by atoms with Crippen LogP contribution < -0.4 is 5.32 Å². The van der Waals surface area contributed by atoms with Gasteiger partial charge < -0.3 is 19.7 Å². The number of nitrogens with one attached hydrogen (secondary N) is 1. The molecule has 2 rings (SSSR count). The molecule has 0 aromatic carbocycles. The van der Waals surface area contributed by atoms with Crippen molar-refractivity contribution >= 4 is 11.3 Å². The van der Waals surface area contributed by atoms with Crippen molar-refractivity contribution in [2.75, 3.05) is 13.2 Å². The van der Waals surface area contributed by atoms with Crippen molar-refractivity contribution in [3.8, 4) is 0 Å². The Morgan fingerprint density at radius 2 is 2.45 bits per heavy atom. The Labute approximate surface area is 123 Å². The van der Waals surface area contributed by atoms with E-state index in [-0.39, 0.29) is 6.04 Å². The second-order valence-corrected chi connectivity index (χ2v) is 5.85. The molecule has 2 atom stereocenters. The van der Waals surface area contributed by atoms with Crippen molar-refractivity contribution in [1.29, 1.82) is 0 Å². The second kappa shape index (κ2) is 8.16. The summed E-state index contributed by atoms with van der Waals surface area (Å²) in [5, 5.41) is 15.2. The monoisotopic (exact) mass is 295 g/mol. The zero-order valence-corrected chi connectivity index (χ0v) is 12.4. The Morgan fingerprint density at radius 1 is 1.55 bits per heavy atom. The Hall–Kier alpha value is -1.21. The van der Waals surface area contributed by atoms with Crippen molar-refractivity contribution in [2.45, 2.75) is 32.2 Å². The van der Waals surface area contributed by atoms with E-state index in [9.17, 15) is 5.11 Å². The number of thiophene rings is 1. The predicted octanol–water partition coefficient (Wildman–Crippen LogP) is 1.50. The highest BCUT2D eigenvalue weighted by Gasteiger charge is 2.08. The second-order valence-electron chi connectivity index (χ2n) is 4.82. The van der Waals surface area contributed by atoms with E-state index in [4.69, 9.17) is 4.74 Å². The van der Waals surface area contributed by atoms with Crippen LogP contribution in [0.25, 0.3) is 0 Å². The third kappa shape index (κ3) is 5.42. The highest BCUT2D eigenvalue weighted by Crippen LogP contribution is 2.09. The lowest BCUT2D eigenvalue weighted by atomic mass is 10.3. The molecule has 0 aliphatic rings. The van der Waals surface area contributed by atoms with Crippen LogP contribution in [0.3, 0.4) is 0 Å². The highest BCUT2D eigenvalue weighted by atomic mass is 32.1. The van der Waals surface area contributed by atoms with Crippen molar-refractivity contribution in [2.24, 2.45) is 0 Å². The van der Waals surface area contributed by atoms with E-state index < -0.39 is 6.10 Å². The van der Waals surface area contributed by atoms with Gasteiger partial charge in [0.25, 0.3) is 0 Å². The minimum Gasteiger partial charge on any atom is -0.389 e. The summed E-state index contributed by atoms with van der Waals surface area (Å²) >= 11 is 1.66. The van der Waals surface area contributed by atoms with E-state index in [0.29, 0.717) is 19.8 Å². The molecule has 0 bridgehead atoms. The molecule has 0 fully saturated rings. The zero-order chi connectivity index (χ0) is 14.2. The van der Waals surface area contributed by atoms with Gasteiger partial charge in [0.05, 0.1) is 25.6 Å². The molecule has 5 nitrogen and oxygen atoms in total. The van der Waals surface area contributed by atoms with Crippen LogP contribution in [0, 0.1) is 0 Å². The molecule has 0 saturated heterocycles. The largest absolute Gasteiger partial charge is 0.389 e. The summed E-state index contributed by atoms with van der Waals surface area (Å²) in [6, 6.07) is 4.30. The van der Waals surface area contributed by atoms with Crippen molar-refractivity contribution < 1.29 is 9.84 Å². The molecule has 20 heavy (non-hydrogen) atoms. The standard InChI is InChI=1S/C14H21N3O2S/c1-12(8-17-5-4-15-11-17)16-7-13(18)9-19-10-14-3-2-6-20-14/h2-6,11-13,16,18H,7-10H2,1H3. The number of aliphatic hydroxyl groups excluding tert-OH is 1. The predicted molar refractivity (Wildman–Crippen MR) is 79.7 cm³/mol. The first-order valence-corrected chi connectivity index (χ1v) is 7.59. The van der Waals surface area contributed by atoms with E-state index in [1.54, 1.807) is 23.9 Å². The topological polar surface area (TPSA) is 59.3 Å². The molecule has 2 heterocycles. The summed E-state index contributed by atoms with van der Waals surface area (Å²) in [6.07, 6.45) is 5.00. The van der Waals surface area contributed by atoms with Gasteiger partial charge in [0.15, 0.2) is 0 Å². The van der Waals surface area contributed by atoms with Gasteiger partial charge in [-0.2, -0.15) is 0 Å². The number of aromatic nitrogens is 2. The van der Waals surface area contributed by atoms with Gasteiger partial charge in [-0.3, -0.25) is 0 Å². The number of nitrogens with zero attached hydrogens (tertiary/aromatic N) is 2. The van der Waals surface area contributed by atoms with E-state index in [0.717, 1.165) is 6.54 Å². The molecule has 2 unspecified atom stereocenters. The normalized spacial score (nSPS) is 14.3.